The fourth-order valence-electron chi connectivity index (χ4n) is 3.00. The second-order valence-electron chi connectivity index (χ2n) is 6.40. The van der Waals surface area contributed by atoms with Crippen LogP contribution in [0.4, 0.5) is 0 Å². The molecule has 2 aromatic rings. The summed E-state index contributed by atoms with van der Waals surface area (Å²) in [5.74, 6) is 1.36. The van der Waals surface area contributed by atoms with Crippen LogP contribution in [0.2, 0.25) is 0 Å². The van der Waals surface area contributed by atoms with Gasteiger partial charge in [0.2, 0.25) is 5.91 Å². The Kier molecular flexibility index (Phi) is 3.55. The number of imidazole rings is 1. The van der Waals surface area contributed by atoms with Crippen LogP contribution in [0.3, 0.4) is 0 Å². The average Bonchev–Trinajstić information content (AvgIpc) is 3.38. The highest BCUT2D eigenvalue weighted by molar-refractivity contribution is 6.39. The molecular formula is C17H19N5O2. The molecule has 24 heavy (non-hydrogen) atoms. The van der Waals surface area contributed by atoms with Gasteiger partial charge in [0.25, 0.3) is 5.91 Å². The van der Waals surface area contributed by atoms with Crippen LogP contribution in [0, 0.1) is 0 Å². The molecule has 0 bridgehead atoms. The molecule has 7 heteroatoms. The second-order valence-corrected chi connectivity index (χ2v) is 6.40. The number of hydrazone groups is 1. The number of benzene rings is 1. The van der Waals surface area contributed by atoms with Crippen molar-refractivity contribution in [1.29, 1.82) is 0 Å². The Labute approximate surface area is 139 Å². The van der Waals surface area contributed by atoms with Gasteiger partial charge in [-0.25, -0.2) is 10.4 Å². The topological polar surface area (TPSA) is 88.4 Å². The van der Waals surface area contributed by atoms with E-state index in [1.54, 1.807) is 0 Å². The quantitative estimate of drug-likeness (QED) is 0.889. The molecule has 0 saturated heterocycles. The average molecular weight is 325 g/mol. The van der Waals surface area contributed by atoms with E-state index in [1.807, 2.05) is 18.2 Å². The van der Waals surface area contributed by atoms with Gasteiger partial charge in [0.15, 0.2) is 0 Å². The van der Waals surface area contributed by atoms with Gasteiger partial charge < -0.3 is 9.88 Å². The molecule has 0 spiro atoms. The number of nitrogens with zero attached hydrogens (tertiary/aromatic N) is 3. The number of rotatable bonds is 4. The molecule has 2 amide bonds. The van der Waals surface area contributed by atoms with Gasteiger partial charge >= 0.3 is 0 Å². The first-order chi connectivity index (χ1) is 11.6. The van der Waals surface area contributed by atoms with Crippen LogP contribution >= 0.6 is 0 Å². The summed E-state index contributed by atoms with van der Waals surface area (Å²) in [5.41, 5.74) is 5.78. The van der Waals surface area contributed by atoms with Crippen LogP contribution in [-0.2, 0) is 23.2 Å². The maximum atomic E-state index is 12.1. The summed E-state index contributed by atoms with van der Waals surface area (Å²) in [6.07, 6.45) is 3.12. The standard InChI is InChI=1S/C17H19N5O2/c1-22-14-6-2-10(8-13(14)19-16(22)11-3-4-11)9-18-17(24)12-5-7-15(23)21-20-12/h2,6,8,11H,3-5,7,9H2,1H3,(H,18,24)(H,21,23). The van der Waals surface area contributed by atoms with Crippen molar-refractivity contribution >= 4 is 28.6 Å². The summed E-state index contributed by atoms with van der Waals surface area (Å²) in [7, 11) is 2.06. The first kappa shape index (κ1) is 14.9. The summed E-state index contributed by atoms with van der Waals surface area (Å²) in [5, 5.41) is 6.65. The summed E-state index contributed by atoms with van der Waals surface area (Å²) in [4.78, 5) is 27.9. The Morgan fingerprint density at radius 1 is 1.38 bits per heavy atom. The smallest absolute Gasteiger partial charge is 0.267 e. The number of hydrogen-bond donors (Lipinski definition) is 2. The Hall–Kier alpha value is -2.70. The number of carbonyl (C=O) groups is 2. The van der Waals surface area contributed by atoms with Crippen molar-refractivity contribution in [2.45, 2.75) is 38.1 Å². The predicted octanol–water partition coefficient (Wildman–Crippen LogP) is 1.33. The largest absolute Gasteiger partial charge is 0.347 e. The lowest BCUT2D eigenvalue weighted by atomic mass is 10.1. The maximum Gasteiger partial charge on any atom is 0.267 e. The van der Waals surface area contributed by atoms with Gasteiger partial charge in [0.05, 0.1) is 11.0 Å². The van der Waals surface area contributed by atoms with Crippen LogP contribution in [0.15, 0.2) is 23.3 Å². The van der Waals surface area contributed by atoms with E-state index in [0.717, 1.165) is 22.4 Å². The number of carbonyl (C=O) groups excluding carboxylic acids is 2. The molecule has 0 atom stereocenters. The summed E-state index contributed by atoms with van der Waals surface area (Å²) in [6, 6.07) is 6.07. The van der Waals surface area contributed by atoms with Gasteiger partial charge in [0, 0.05) is 32.4 Å². The molecule has 0 unspecified atom stereocenters. The number of amides is 2. The highest BCUT2D eigenvalue weighted by Gasteiger charge is 2.28. The van der Waals surface area contributed by atoms with Crippen molar-refractivity contribution in [3.63, 3.8) is 0 Å². The third-order valence-electron chi connectivity index (χ3n) is 4.54. The van der Waals surface area contributed by atoms with E-state index in [4.69, 9.17) is 4.98 Å². The van der Waals surface area contributed by atoms with Gasteiger partial charge in [-0.1, -0.05) is 6.07 Å². The van der Waals surface area contributed by atoms with Crippen molar-refractivity contribution in [1.82, 2.24) is 20.3 Å². The fourth-order valence-corrected chi connectivity index (χ4v) is 3.00. The summed E-state index contributed by atoms with van der Waals surface area (Å²) in [6.45, 7) is 0.414. The van der Waals surface area contributed by atoms with Crippen molar-refractivity contribution in [2.75, 3.05) is 0 Å². The zero-order chi connectivity index (χ0) is 16.7. The molecule has 124 valence electrons. The molecule has 1 aliphatic heterocycles. The molecule has 1 aromatic heterocycles. The molecular weight excluding hydrogens is 306 g/mol. The minimum Gasteiger partial charge on any atom is -0.347 e. The Morgan fingerprint density at radius 3 is 2.92 bits per heavy atom. The SMILES string of the molecule is Cn1c(C2CC2)nc2cc(CNC(=O)C3=NNC(=O)CC3)ccc21. The van der Waals surface area contributed by atoms with Gasteiger partial charge in [-0.3, -0.25) is 9.59 Å². The Morgan fingerprint density at radius 2 is 2.21 bits per heavy atom. The zero-order valence-corrected chi connectivity index (χ0v) is 13.5. The first-order valence-electron chi connectivity index (χ1n) is 8.20. The minimum atomic E-state index is -0.241. The molecule has 1 aliphatic carbocycles. The van der Waals surface area contributed by atoms with E-state index in [2.05, 4.69) is 27.5 Å². The van der Waals surface area contributed by atoms with E-state index in [-0.39, 0.29) is 11.8 Å². The van der Waals surface area contributed by atoms with Crippen molar-refractivity contribution in [3.05, 3.63) is 29.6 Å². The van der Waals surface area contributed by atoms with E-state index in [0.29, 0.717) is 31.0 Å². The van der Waals surface area contributed by atoms with Crippen molar-refractivity contribution < 1.29 is 9.59 Å². The first-order valence-corrected chi connectivity index (χ1v) is 8.20. The molecule has 2 heterocycles. The molecule has 1 saturated carbocycles. The van der Waals surface area contributed by atoms with Gasteiger partial charge in [-0.2, -0.15) is 5.10 Å². The number of fused-ring (bicyclic) bond motifs is 1. The number of aryl methyl sites for hydroxylation is 1. The van der Waals surface area contributed by atoms with Gasteiger partial charge in [-0.15, -0.1) is 0 Å². The number of nitrogens with one attached hydrogen (secondary N) is 2. The lowest BCUT2D eigenvalue weighted by molar-refractivity contribution is -0.121. The highest BCUT2D eigenvalue weighted by Crippen LogP contribution is 2.40. The van der Waals surface area contributed by atoms with Crippen LogP contribution < -0.4 is 10.7 Å². The Balaban J connectivity index is 1.46. The third kappa shape index (κ3) is 2.77. The molecule has 2 N–H and O–H groups in total. The maximum absolute atomic E-state index is 12.1. The molecule has 4 rings (SSSR count). The lowest BCUT2D eigenvalue weighted by Gasteiger charge is -2.12. The number of aromatic nitrogens is 2. The Bertz CT molecular complexity index is 863. The van der Waals surface area contributed by atoms with Crippen molar-refractivity contribution in [2.24, 2.45) is 12.1 Å². The molecule has 1 aromatic carbocycles. The summed E-state index contributed by atoms with van der Waals surface area (Å²) < 4.78 is 2.16. The normalized spacial score (nSPS) is 17.5. The molecule has 7 nitrogen and oxygen atoms in total. The zero-order valence-electron chi connectivity index (χ0n) is 13.5. The summed E-state index contributed by atoms with van der Waals surface area (Å²) >= 11 is 0. The van der Waals surface area contributed by atoms with E-state index < -0.39 is 0 Å². The monoisotopic (exact) mass is 325 g/mol. The molecule has 2 aliphatic rings. The van der Waals surface area contributed by atoms with E-state index in [1.165, 1.54) is 12.8 Å². The van der Waals surface area contributed by atoms with Gasteiger partial charge in [0.1, 0.15) is 11.5 Å². The van der Waals surface area contributed by atoms with Crippen LogP contribution in [-0.4, -0.2) is 27.1 Å². The number of hydrogen-bond acceptors (Lipinski definition) is 4. The van der Waals surface area contributed by atoms with Crippen LogP contribution in [0.5, 0.6) is 0 Å². The lowest BCUT2D eigenvalue weighted by Crippen LogP contribution is -2.36. The van der Waals surface area contributed by atoms with Crippen LogP contribution in [0.25, 0.3) is 11.0 Å². The van der Waals surface area contributed by atoms with Gasteiger partial charge in [-0.05, 0) is 30.5 Å². The third-order valence-corrected chi connectivity index (χ3v) is 4.54. The minimum absolute atomic E-state index is 0.154. The van der Waals surface area contributed by atoms with Crippen LogP contribution in [0.1, 0.15) is 43.0 Å². The van der Waals surface area contributed by atoms with E-state index in [9.17, 15) is 9.59 Å². The molecule has 0 radical (unpaired) electrons. The highest BCUT2D eigenvalue weighted by atomic mass is 16.2. The predicted molar refractivity (Wildman–Crippen MR) is 89.3 cm³/mol. The second kappa shape index (κ2) is 5.74. The molecule has 1 fully saturated rings. The van der Waals surface area contributed by atoms with E-state index >= 15 is 0 Å². The van der Waals surface area contributed by atoms with Crippen molar-refractivity contribution in [3.8, 4) is 0 Å². The fraction of sp³-hybridized carbons (Fsp3) is 0.412.